The van der Waals surface area contributed by atoms with Gasteiger partial charge >= 0.3 is 0 Å². The standard InChI is InChI=1S/C24H33FN4/c1-6-9-22(10-7-2)28-24-27-16-20(23(29-24)26-8-3)14-17(4)13-19-11-12-21(25)15-18(19)5/h8,11-12,14-16,22H,3,6-7,9-10,13H2,1-2,4-5H3,(H2,26,27,28,29)/b17-14+. The summed E-state index contributed by atoms with van der Waals surface area (Å²) in [6, 6.07) is 5.30. The average molecular weight is 397 g/mol. The molecule has 0 aliphatic carbocycles. The van der Waals surface area contributed by atoms with Crippen molar-refractivity contribution >= 4 is 17.8 Å². The van der Waals surface area contributed by atoms with Gasteiger partial charge in [0.25, 0.3) is 0 Å². The molecule has 0 saturated heterocycles. The van der Waals surface area contributed by atoms with E-state index in [0.717, 1.165) is 60.2 Å². The molecule has 0 amide bonds. The van der Waals surface area contributed by atoms with Crippen molar-refractivity contribution in [3.63, 3.8) is 0 Å². The normalized spacial score (nSPS) is 11.6. The third-order valence-electron chi connectivity index (χ3n) is 4.84. The molecule has 1 heterocycles. The van der Waals surface area contributed by atoms with Crippen LogP contribution in [0.3, 0.4) is 0 Å². The highest BCUT2D eigenvalue weighted by atomic mass is 19.1. The van der Waals surface area contributed by atoms with Gasteiger partial charge in [-0.3, -0.25) is 0 Å². The van der Waals surface area contributed by atoms with Gasteiger partial charge in [-0.15, -0.1) is 0 Å². The third-order valence-corrected chi connectivity index (χ3v) is 4.84. The Bertz CT molecular complexity index is 839. The van der Waals surface area contributed by atoms with Crippen LogP contribution in [0.1, 0.15) is 63.1 Å². The van der Waals surface area contributed by atoms with E-state index < -0.39 is 0 Å². The summed E-state index contributed by atoms with van der Waals surface area (Å²) in [5.41, 5.74) is 4.11. The van der Waals surface area contributed by atoms with E-state index in [1.54, 1.807) is 12.3 Å². The van der Waals surface area contributed by atoms with Crippen LogP contribution >= 0.6 is 0 Å². The van der Waals surface area contributed by atoms with Gasteiger partial charge in [-0.05, 0) is 62.6 Å². The zero-order chi connectivity index (χ0) is 21.2. The van der Waals surface area contributed by atoms with E-state index in [-0.39, 0.29) is 5.82 Å². The smallest absolute Gasteiger partial charge is 0.224 e. The fraction of sp³-hybridized carbons (Fsp3) is 0.417. The molecule has 2 rings (SSSR count). The molecule has 156 valence electrons. The number of nitrogens with one attached hydrogen (secondary N) is 2. The lowest BCUT2D eigenvalue weighted by Gasteiger charge is -2.18. The van der Waals surface area contributed by atoms with Crippen LogP contribution in [-0.4, -0.2) is 16.0 Å². The number of aromatic nitrogens is 2. The van der Waals surface area contributed by atoms with Crippen LogP contribution in [0.2, 0.25) is 0 Å². The maximum Gasteiger partial charge on any atom is 0.224 e. The Balaban J connectivity index is 2.22. The molecule has 2 N–H and O–H groups in total. The van der Waals surface area contributed by atoms with E-state index in [4.69, 9.17) is 0 Å². The third kappa shape index (κ3) is 7.00. The molecule has 2 aromatic rings. The van der Waals surface area contributed by atoms with Crippen molar-refractivity contribution in [3.05, 3.63) is 65.3 Å². The van der Waals surface area contributed by atoms with Crippen molar-refractivity contribution in [1.29, 1.82) is 0 Å². The minimum absolute atomic E-state index is 0.203. The van der Waals surface area contributed by atoms with Gasteiger partial charge in [0.05, 0.1) is 0 Å². The molecule has 0 bridgehead atoms. The van der Waals surface area contributed by atoms with Crippen LogP contribution in [0.4, 0.5) is 16.2 Å². The molecular formula is C24H33FN4. The summed E-state index contributed by atoms with van der Waals surface area (Å²) in [5.74, 6) is 1.15. The van der Waals surface area contributed by atoms with Crippen molar-refractivity contribution < 1.29 is 4.39 Å². The number of rotatable bonds is 11. The lowest BCUT2D eigenvalue weighted by molar-refractivity contribution is 0.582. The zero-order valence-electron chi connectivity index (χ0n) is 18.1. The first-order valence-electron chi connectivity index (χ1n) is 10.4. The summed E-state index contributed by atoms with van der Waals surface area (Å²) in [4.78, 5) is 9.18. The molecule has 0 radical (unpaired) electrons. The molecule has 0 aliphatic heterocycles. The van der Waals surface area contributed by atoms with E-state index in [0.29, 0.717) is 12.0 Å². The highest BCUT2D eigenvalue weighted by Gasteiger charge is 2.11. The minimum Gasteiger partial charge on any atom is -0.351 e. The molecular weight excluding hydrogens is 363 g/mol. The van der Waals surface area contributed by atoms with Gasteiger partial charge in [-0.2, -0.15) is 4.98 Å². The lowest BCUT2D eigenvalue weighted by atomic mass is 10.00. The lowest BCUT2D eigenvalue weighted by Crippen LogP contribution is -2.20. The highest BCUT2D eigenvalue weighted by molar-refractivity contribution is 5.66. The van der Waals surface area contributed by atoms with Crippen molar-refractivity contribution in [2.75, 3.05) is 10.6 Å². The van der Waals surface area contributed by atoms with Gasteiger partial charge in [0.1, 0.15) is 11.6 Å². The fourth-order valence-electron chi connectivity index (χ4n) is 3.42. The molecule has 0 atom stereocenters. The Morgan fingerprint density at radius 2 is 1.97 bits per heavy atom. The molecule has 0 unspecified atom stereocenters. The van der Waals surface area contributed by atoms with Crippen LogP contribution in [0, 0.1) is 12.7 Å². The largest absolute Gasteiger partial charge is 0.351 e. The maximum absolute atomic E-state index is 13.3. The Kier molecular flexibility index (Phi) is 8.84. The van der Waals surface area contributed by atoms with E-state index in [2.05, 4.69) is 54.0 Å². The van der Waals surface area contributed by atoms with Gasteiger partial charge in [0, 0.05) is 17.8 Å². The quantitative estimate of drug-likeness (QED) is 0.455. The fourth-order valence-corrected chi connectivity index (χ4v) is 3.42. The predicted molar refractivity (Wildman–Crippen MR) is 122 cm³/mol. The van der Waals surface area contributed by atoms with E-state index in [1.807, 2.05) is 19.2 Å². The Morgan fingerprint density at radius 3 is 2.59 bits per heavy atom. The summed E-state index contributed by atoms with van der Waals surface area (Å²) >= 11 is 0. The van der Waals surface area contributed by atoms with Crippen molar-refractivity contribution in [3.8, 4) is 0 Å². The van der Waals surface area contributed by atoms with Gasteiger partial charge in [-0.25, -0.2) is 9.37 Å². The first-order valence-corrected chi connectivity index (χ1v) is 10.4. The second kappa shape index (κ2) is 11.3. The summed E-state index contributed by atoms with van der Waals surface area (Å²) in [5, 5.41) is 6.58. The molecule has 0 spiro atoms. The number of aryl methyl sites for hydroxylation is 1. The molecule has 0 aliphatic rings. The topological polar surface area (TPSA) is 49.8 Å². The Morgan fingerprint density at radius 1 is 1.24 bits per heavy atom. The average Bonchev–Trinajstić information content (AvgIpc) is 2.67. The number of benzene rings is 1. The monoisotopic (exact) mass is 396 g/mol. The van der Waals surface area contributed by atoms with E-state index in [9.17, 15) is 4.39 Å². The van der Waals surface area contributed by atoms with Crippen LogP contribution < -0.4 is 10.6 Å². The first kappa shape index (κ1) is 22.6. The van der Waals surface area contributed by atoms with Crippen LogP contribution in [0.15, 0.2) is 42.7 Å². The Hall–Kier alpha value is -2.69. The molecule has 0 fully saturated rings. The number of allylic oxidation sites excluding steroid dienone is 1. The van der Waals surface area contributed by atoms with Crippen LogP contribution in [0.25, 0.3) is 6.08 Å². The number of anilines is 2. The molecule has 1 aromatic carbocycles. The number of halogens is 1. The van der Waals surface area contributed by atoms with Crippen molar-refractivity contribution in [2.24, 2.45) is 0 Å². The van der Waals surface area contributed by atoms with Gasteiger partial charge in [0.15, 0.2) is 0 Å². The second-order valence-corrected chi connectivity index (χ2v) is 7.50. The van der Waals surface area contributed by atoms with Gasteiger partial charge in [-0.1, -0.05) is 51.0 Å². The molecule has 1 aromatic heterocycles. The van der Waals surface area contributed by atoms with Crippen molar-refractivity contribution in [2.45, 2.75) is 65.8 Å². The van der Waals surface area contributed by atoms with Crippen LogP contribution in [0.5, 0.6) is 0 Å². The SMILES string of the molecule is C=CNc1nc(NC(CCC)CCC)ncc1/C=C(\C)Cc1ccc(F)cc1C. The number of hydrogen-bond acceptors (Lipinski definition) is 4. The highest BCUT2D eigenvalue weighted by Crippen LogP contribution is 2.21. The van der Waals surface area contributed by atoms with Gasteiger partial charge in [0.2, 0.25) is 5.95 Å². The Labute approximate surface area is 174 Å². The second-order valence-electron chi connectivity index (χ2n) is 7.50. The number of nitrogens with zero attached hydrogens (tertiary/aromatic N) is 2. The summed E-state index contributed by atoms with van der Waals surface area (Å²) in [7, 11) is 0. The number of hydrogen-bond donors (Lipinski definition) is 2. The summed E-state index contributed by atoms with van der Waals surface area (Å²) in [6.45, 7) is 12.1. The molecule has 0 saturated carbocycles. The molecule has 29 heavy (non-hydrogen) atoms. The summed E-state index contributed by atoms with van der Waals surface area (Å²) in [6.07, 6.45) is 10.7. The summed E-state index contributed by atoms with van der Waals surface area (Å²) < 4.78 is 13.3. The minimum atomic E-state index is -0.203. The zero-order valence-corrected chi connectivity index (χ0v) is 18.1. The van der Waals surface area contributed by atoms with E-state index in [1.165, 1.54) is 6.07 Å². The molecule has 4 nitrogen and oxygen atoms in total. The first-order chi connectivity index (χ1) is 14.0. The van der Waals surface area contributed by atoms with Crippen molar-refractivity contribution in [1.82, 2.24) is 9.97 Å². The van der Waals surface area contributed by atoms with Crippen LogP contribution in [-0.2, 0) is 6.42 Å². The predicted octanol–water partition coefficient (Wildman–Crippen LogP) is 6.51. The van der Waals surface area contributed by atoms with Gasteiger partial charge < -0.3 is 10.6 Å². The van der Waals surface area contributed by atoms with E-state index >= 15 is 0 Å². The molecule has 5 heteroatoms. The maximum atomic E-state index is 13.3.